The molecule has 1 aliphatic heterocycles. The number of nitrogens with one attached hydrogen (secondary N) is 1. The second kappa shape index (κ2) is 9.12. The molecule has 7 heteroatoms. The van der Waals surface area contributed by atoms with Crippen molar-refractivity contribution in [2.45, 2.75) is 29.5 Å². The predicted molar refractivity (Wildman–Crippen MR) is 127 cm³/mol. The Morgan fingerprint density at radius 1 is 1.19 bits per heavy atom. The maximum atomic E-state index is 13.4. The Balaban J connectivity index is 1.68. The van der Waals surface area contributed by atoms with Crippen LogP contribution in [0.15, 0.2) is 70.6 Å². The molecule has 0 fully saturated rings. The van der Waals surface area contributed by atoms with Crippen LogP contribution in [0.2, 0.25) is 0 Å². The lowest BCUT2D eigenvalue weighted by Crippen LogP contribution is -2.35. The van der Waals surface area contributed by atoms with E-state index in [4.69, 9.17) is 11.6 Å². The summed E-state index contributed by atoms with van der Waals surface area (Å²) in [5, 5.41) is 1.69. The van der Waals surface area contributed by atoms with Crippen LogP contribution >= 0.6 is 23.4 Å². The van der Waals surface area contributed by atoms with Gasteiger partial charge in [-0.2, -0.15) is 0 Å². The smallest absolute Gasteiger partial charge is 0.149 e. The molecule has 1 aliphatic rings. The van der Waals surface area contributed by atoms with E-state index < -0.39 is 6.04 Å². The van der Waals surface area contributed by atoms with Gasteiger partial charge in [0.25, 0.3) is 0 Å². The summed E-state index contributed by atoms with van der Waals surface area (Å²) >= 11 is 7.64. The molecule has 0 amide bonds. The van der Waals surface area contributed by atoms with Gasteiger partial charge in [-0.05, 0) is 61.4 Å². The summed E-state index contributed by atoms with van der Waals surface area (Å²) in [6.07, 6.45) is 2.51. The molecule has 158 valence electrons. The van der Waals surface area contributed by atoms with Gasteiger partial charge in [-0.25, -0.2) is 9.38 Å². The number of hydrogen-bond acceptors (Lipinski definition) is 5. The summed E-state index contributed by atoms with van der Waals surface area (Å²) in [5.74, 6) is -0.293. The van der Waals surface area contributed by atoms with Crippen LogP contribution < -0.4 is 5.43 Å². The number of nitrogens with zero attached hydrogens (tertiary/aromatic N) is 2. The first-order valence-electron chi connectivity index (χ1n) is 9.80. The molecule has 0 saturated carbocycles. The van der Waals surface area contributed by atoms with Crippen LogP contribution in [0.25, 0.3) is 11.1 Å². The van der Waals surface area contributed by atoms with Crippen molar-refractivity contribution >= 4 is 47.4 Å². The number of carbonyl (C=O) groups excluding carboxylic acids is 1. The normalized spacial score (nSPS) is 16.0. The van der Waals surface area contributed by atoms with E-state index in [1.807, 2.05) is 50.2 Å². The summed E-state index contributed by atoms with van der Waals surface area (Å²) in [4.78, 5) is 17.8. The highest BCUT2D eigenvalue weighted by Gasteiger charge is 2.27. The highest BCUT2D eigenvalue weighted by molar-refractivity contribution is 8.01. The maximum Gasteiger partial charge on any atom is 0.149 e. The van der Waals surface area contributed by atoms with E-state index in [1.165, 1.54) is 12.1 Å². The van der Waals surface area contributed by atoms with Crippen molar-refractivity contribution in [3.8, 4) is 11.1 Å². The zero-order valence-electron chi connectivity index (χ0n) is 17.0. The highest BCUT2D eigenvalue weighted by Crippen LogP contribution is 2.41. The summed E-state index contributed by atoms with van der Waals surface area (Å²) in [7, 11) is 0. The zero-order chi connectivity index (χ0) is 22.0. The third kappa shape index (κ3) is 4.75. The molecule has 0 spiro atoms. The van der Waals surface area contributed by atoms with Gasteiger partial charge in [0.1, 0.15) is 24.5 Å². The average Bonchev–Trinajstić information content (AvgIpc) is 2.73. The molecule has 2 unspecified atom stereocenters. The maximum absolute atomic E-state index is 13.4. The van der Waals surface area contributed by atoms with E-state index in [-0.39, 0.29) is 10.5 Å². The molecule has 0 aromatic heterocycles. The Hall–Kier alpha value is -2.83. The van der Waals surface area contributed by atoms with E-state index in [1.54, 1.807) is 35.2 Å². The fourth-order valence-electron chi connectivity index (χ4n) is 3.58. The molecule has 0 bridgehead atoms. The van der Waals surface area contributed by atoms with Crippen molar-refractivity contribution in [2.24, 2.45) is 4.99 Å². The molecule has 0 aliphatic carbocycles. The minimum absolute atomic E-state index is 0.0470. The third-order valence-electron chi connectivity index (χ3n) is 4.89. The molecular formula is C24H21ClFN3OS. The number of hydrazine groups is 1. The van der Waals surface area contributed by atoms with Crippen LogP contribution in [0.4, 0.5) is 15.8 Å². The topological polar surface area (TPSA) is 44.7 Å². The molecule has 0 radical (unpaired) electrons. The van der Waals surface area contributed by atoms with Crippen molar-refractivity contribution in [3.05, 3.63) is 77.6 Å². The second-order valence-corrected chi connectivity index (χ2v) is 9.62. The van der Waals surface area contributed by atoms with Crippen LogP contribution in [0.1, 0.15) is 24.1 Å². The molecule has 1 N–H and O–H groups in total. The number of aryl methyl sites for hydroxylation is 1. The fraction of sp³-hybridized carbons (Fsp3) is 0.167. The fourth-order valence-corrected chi connectivity index (χ4v) is 4.62. The number of aldehydes is 1. The molecule has 3 aromatic rings. The van der Waals surface area contributed by atoms with Crippen LogP contribution in [0.3, 0.4) is 0 Å². The summed E-state index contributed by atoms with van der Waals surface area (Å²) in [5.41, 5.74) is 8.33. The van der Waals surface area contributed by atoms with Crippen molar-refractivity contribution in [1.82, 2.24) is 5.01 Å². The van der Waals surface area contributed by atoms with Crippen LogP contribution in [0, 0.1) is 12.7 Å². The summed E-state index contributed by atoms with van der Waals surface area (Å²) < 4.78 is 13.3. The Bertz CT molecular complexity index is 1130. The van der Waals surface area contributed by atoms with Crippen molar-refractivity contribution < 1.29 is 9.18 Å². The molecule has 1 heterocycles. The van der Waals surface area contributed by atoms with E-state index >= 15 is 0 Å². The molecule has 4 nitrogen and oxygen atoms in total. The Morgan fingerprint density at radius 3 is 2.68 bits per heavy atom. The average molecular weight is 454 g/mol. The lowest BCUT2D eigenvalue weighted by Gasteiger charge is -2.32. The molecule has 3 aromatic carbocycles. The second-order valence-electron chi connectivity index (χ2n) is 7.29. The number of fused-ring (bicyclic) bond motifs is 1. The molecule has 31 heavy (non-hydrogen) atoms. The third-order valence-corrected chi connectivity index (χ3v) is 6.01. The van der Waals surface area contributed by atoms with E-state index in [0.717, 1.165) is 39.1 Å². The Kier molecular flexibility index (Phi) is 6.30. The quantitative estimate of drug-likeness (QED) is 0.255. The van der Waals surface area contributed by atoms with E-state index in [9.17, 15) is 9.18 Å². The van der Waals surface area contributed by atoms with Gasteiger partial charge >= 0.3 is 0 Å². The molecular weight excluding hydrogens is 433 g/mol. The first-order chi connectivity index (χ1) is 14.9. The number of aliphatic imine (C=N–C) groups is 1. The van der Waals surface area contributed by atoms with Crippen molar-refractivity contribution in [1.29, 1.82) is 0 Å². The van der Waals surface area contributed by atoms with Crippen molar-refractivity contribution in [2.75, 3.05) is 5.43 Å². The largest absolute Gasteiger partial charge is 0.301 e. The first kappa shape index (κ1) is 21.4. The molecule has 0 saturated heterocycles. The number of carbonyl (C=O) groups is 1. The molecule has 2 atom stereocenters. The number of rotatable bonds is 6. The predicted octanol–water partition coefficient (Wildman–Crippen LogP) is 6.72. The zero-order valence-corrected chi connectivity index (χ0v) is 18.6. The monoisotopic (exact) mass is 453 g/mol. The first-order valence-corrected chi connectivity index (χ1v) is 11.1. The Labute approximate surface area is 190 Å². The van der Waals surface area contributed by atoms with Crippen LogP contribution in [-0.2, 0) is 4.79 Å². The van der Waals surface area contributed by atoms with Gasteiger partial charge in [0.05, 0.1) is 16.1 Å². The number of halogens is 2. The number of anilines is 1. The SMILES string of the molecule is Cc1cc(-c2ccc(F)cc2)c2c(c1)C(C=O)N(Nc1cccc(SC(C)Cl)c1)C=N2. The number of thioether (sulfide) groups is 1. The van der Waals surface area contributed by atoms with Gasteiger partial charge in [0.2, 0.25) is 0 Å². The summed E-state index contributed by atoms with van der Waals surface area (Å²) in [6, 6.07) is 17.5. The number of hydrogen-bond donors (Lipinski definition) is 1. The van der Waals surface area contributed by atoms with Crippen molar-refractivity contribution in [3.63, 3.8) is 0 Å². The van der Waals surface area contributed by atoms with Gasteiger partial charge < -0.3 is 4.79 Å². The van der Waals surface area contributed by atoms with Gasteiger partial charge in [-0.3, -0.25) is 10.4 Å². The minimum atomic E-state index is -0.560. The standard InChI is InChI=1S/C24H21ClFN3OS/c1-15-10-21(17-6-8-18(26)9-7-17)24-22(11-15)23(13-30)29(14-27-24)28-19-4-3-5-20(12-19)31-16(2)25/h3-14,16,23,28H,1-2H3. The Morgan fingerprint density at radius 2 is 1.97 bits per heavy atom. The van der Waals surface area contributed by atoms with Gasteiger partial charge in [-0.15, -0.1) is 23.4 Å². The van der Waals surface area contributed by atoms with Crippen LogP contribution in [-0.4, -0.2) is 22.3 Å². The van der Waals surface area contributed by atoms with E-state index in [2.05, 4.69) is 10.4 Å². The lowest BCUT2D eigenvalue weighted by molar-refractivity contribution is -0.111. The highest BCUT2D eigenvalue weighted by atomic mass is 35.5. The van der Waals surface area contributed by atoms with Gasteiger partial charge in [0.15, 0.2) is 0 Å². The number of alkyl halides is 1. The molecule has 4 rings (SSSR count). The summed E-state index contributed by atoms with van der Waals surface area (Å²) in [6.45, 7) is 3.89. The lowest BCUT2D eigenvalue weighted by atomic mass is 9.93. The van der Waals surface area contributed by atoms with Crippen LogP contribution in [0.5, 0.6) is 0 Å². The van der Waals surface area contributed by atoms with E-state index in [0.29, 0.717) is 5.69 Å². The minimum Gasteiger partial charge on any atom is -0.301 e. The van der Waals surface area contributed by atoms with Gasteiger partial charge in [0, 0.05) is 16.0 Å². The number of benzene rings is 3. The van der Waals surface area contributed by atoms with Gasteiger partial charge in [-0.1, -0.05) is 24.3 Å².